The Kier molecular flexibility index (Phi) is 3.43. The third kappa shape index (κ3) is 2.34. The van der Waals surface area contributed by atoms with Gasteiger partial charge in [-0.3, -0.25) is 14.6 Å². The van der Waals surface area contributed by atoms with Crippen molar-refractivity contribution in [3.8, 4) is 0 Å². The Labute approximate surface area is 89.1 Å². The van der Waals surface area contributed by atoms with E-state index in [0.717, 1.165) is 0 Å². The largest absolute Gasteiger partial charge is 0.364 e. The van der Waals surface area contributed by atoms with Crippen molar-refractivity contribution in [1.82, 2.24) is 19.8 Å². The second-order valence-electron chi connectivity index (χ2n) is 3.78. The number of amides is 1. The Balaban J connectivity index is 3.11. The van der Waals surface area contributed by atoms with Crippen LogP contribution in [-0.4, -0.2) is 53.9 Å². The number of hydrogen-bond acceptors (Lipinski definition) is 4. The minimum Gasteiger partial charge on any atom is -0.364 e. The van der Waals surface area contributed by atoms with Crippen LogP contribution in [0.5, 0.6) is 0 Å². The van der Waals surface area contributed by atoms with Gasteiger partial charge in [-0.25, -0.2) is 4.98 Å². The van der Waals surface area contributed by atoms with E-state index in [0.29, 0.717) is 5.69 Å². The molecule has 0 saturated heterocycles. The van der Waals surface area contributed by atoms with E-state index in [9.17, 15) is 4.79 Å². The molecule has 1 amide bonds. The first-order chi connectivity index (χ1) is 6.95. The van der Waals surface area contributed by atoms with Gasteiger partial charge in [-0.15, -0.1) is 0 Å². The van der Waals surface area contributed by atoms with E-state index < -0.39 is 5.91 Å². The van der Waals surface area contributed by atoms with E-state index in [4.69, 9.17) is 5.73 Å². The summed E-state index contributed by atoms with van der Waals surface area (Å²) in [6, 6.07) is 0. The molecular weight excluding hydrogens is 194 g/mol. The molecule has 3 N–H and O–H groups in total. The number of nitrogens with zero attached hydrogens (tertiary/aromatic N) is 3. The molecular formula is C9H16N5O. The monoisotopic (exact) mass is 210 g/mol. The average Bonchev–Trinajstić information content (AvgIpc) is 2.51. The van der Waals surface area contributed by atoms with Crippen LogP contribution in [0.2, 0.25) is 0 Å². The lowest BCUT2D eigenvalue weighted by Crippen LogP contribution is -2.34. The van der Waals surface area contributed by atoms with E-state index in [-0.39, 0.29) is 11.9 Å². The van der Waals surface area contributed by atoms with Crippen LogP contribution < -0.4 is 5.73 Å². The molecule has 0 aliphatic carbocycles. The zero-order valence-corrected chi connectivity index (χ0v) is 9.40. The molecule has 15 heavy (non-hydrogen) atoms. The van der Waals surface area contributed by atoms with Gasteiger partial charge in [0.05, 0.1) is 5.69 Å². The normalized spacial score (nSPS) is 11.7. The number of nitrogens with two attached hydrogens (primary N) is 1. The van der Waals surface area contributed by atoms with Crippen molar-refractivity contribution >= 4 is 5.91 Å². The fourth-order valence-corrected chi connectivity index (χ4v) is 1.62. The van der Waals surface area contributed by atoms with Crippen LogP contribution in [0.1, 0.15) is 22.3 Å². The summed E-state index contributed by atoms with van der Waals surface area (Å²) in [5, 5.41) is 0. The second kappa shape index (κ2) is 4.41. The van der Waals surface area contributed by atoms with Crippen molar-refractivity contribution in [2.24, 2.45) is 5.73 Å². The van der Waals surface area contributed by atoms with Crippen LogP contribution in [0.3, 0.4) is 0 Å². The number of imidazole rings is 1. The van der Waals surface area contributed by atoms with Crippen molar-refractivity contribution in [2.45, 2.75) is 6.17 Å². The standard InChI is InChI=1S/C9H16N5O/c1-13(2)9(14(3)4)7-6(8(10)15)11-5-12-7/h9H,1-4H3,(H2,10,15)(H,11,12). The summed E-state index contributed by atoms with van der Waals surface area (Å²) in [5.74, 6) is -0.545. The summed E-state index contributed by atoms with van der Waals surface area (Å²) in [4.78, 5) is 21.6. The Morgan fingerprint density at radius 2 is 1.93 bits per heavy atom. The van der Waals surface area contributed by atoms with E-state index in [1.165, 1.54) is 0 Å². The van der Waals surface area contributed by atoms with E-state index in [2.05, 4.69) is 16.3 Å². The summed E-state index contributed by atoms with van der Waals surface area (Å²) < 4.78 is 0. The Bertz CT molecular complexity index is 336. The molecule has 0 saturated carbocycles. The van der Waals surface area contributed by atoms with Gasteiger partial charge in [-0.1, -0.05) is 0 Å². The Hall–Kier alpha value is -1.40. The summed E-state index contributed by atoms with van der Waals surface area (Å²) in [7, 11) is 7.65. The number of primary amides is 1. The van der Waals surface area contributed by atoms with Gasteiger partial charge in [0.2, 0.25) is 0 Å². The zero-order valence-electron chi connectivity index (χ0n) is 9.40. The van der Waals surface area contributed by atoms with E-state index in [1.807, 2.05) is 38.0 Å². The number of hydrogen-bond donors (Lipinski definition) is 2. The maximum Gasteiger partial charge on any atom is 0.269 e. The van der Waals surface area contributed by atoms with Gasteiger partial charge in [-0.05, 0) is 28.2 Å². The lowest BCUT2D eigenvalue weighted by Gasteiger charge is -2.29. The predicted molar refractivity (Wildman–Crippen MR) is 56.1 cm³/mol. The van der Waals surface area contributed by atoms with Crippen molar-refractivity contribution < 1.29 is 4.79 Å². The molecule has 6 heteroatoms. The zero-order chi connectivity index (χ0) is 11.6. The first-order valence-electron chi connectivity index (χ1n) is 4.53. The highest BCUT2D eigenvalue weighted by atomic mass is 16.1. The minimum absolute atomic E-state index is 0.0775. The van der Waals surface area contributed by atoms with Crippen molar-refractivity contribution in [3.63, 3.8) is 0 Å². The maximum atomic E-state index is 11.1. The molecule has 0 unspecified atom stereocenters. The molecule has 83 valence electrons. The van der Waals surface area contributed by atoms with E-state index in [1.54, 1.807) is 0 Å². The molecule has 0 atom stereocenters. The van der Waals surface area contributed by atoms with Gasteiger partial charge >= 0.3 is 0 Å². The highest BCUT2D eigenvalue weighted by molar-refractivity contribution is 5.92. The van der Waals surface area contributed by atoms with Crippen LogP contribution in [-0.2, 0) is 0 Å². The number of aromatic amines is 1. The average molecular weight is 210 g/mol. The Morgan fingerprint density at radius 1 is 1.40 bits per heavy atom. The summed E-state index contributed by atoms with van der Waals surface area (Å²) in [6.45, 7) is 0. The molecule has 0 bridgehead atoms. The maximum absolute atomic E-state index is 11.1. The first kappa shape index (κ1) is 11.7. The van der Waals surface area contributed by atoms with Crippen molar-refractivity contribution in [2.75, 3.05) is 28.2 Å². The smallest absolute Gasteiger partial charge is 0.269 e. The van der Waals surface area contributed by atoms with Crippen LogP contribution in [0, 0.1) is 6.33 Å². The Morgan fingerprint density at radius 3 is 2.33 bits per heavy atom. The number of H-pyrrole nitrogens is 1. The SMILES string of the molecule is CN(C)C(c1[nH][c]nc1C(N)=O)N(C)C. The van der Waals surface area contributed by atoms with Gasteiger partial charge in [0, 0.05) is 0 Å². The number of nitrogens with one attached hydrogen (secondary N) is 1. The molecule has 1 aromatic rings. The molecule has 1 radical (unpaired) electrons. The lowest BCUT2D eigenvalue weighted by atomic mass is 10.2. The predicted octanol–water partition coefficient (Wildman–Crippen LogP) is -0.569. The number of carbonyl (C=O) groups excluding carboxylic acids is 1. The molecule has 0 aliphatic rings. The van der Waals surface area contributed by atoms with Gasteiger partial charge in [0.15, 0.2) is 12.0 Å². The van der Waals surface area contributed by atoms with Gasteiger partial charge in [0.1, 0.15) is 6.17 Å². The molecule has 1 heterocycles. The molecule has 0 aliphatic heterocycles. The number of carbonyl (C=O) groups is 1. The van der Waals surface area contributed by atoms with Crippen molar-refractivity contribution in [3.05, 3.63) is 17.7 Å². The number of rotatable bonds is 4. The topological polar surface area (TPSA) is 78.2 Å². The number of aromatic nitrogens is 2. The highest BCUT2D eigenvalue weighted by Crippen LogP contribution is 2.20. The third-order valence-electron chi connectivity index (χ3n) is 2.08. The van der Waals surface area contributed by atoms with Crippen LogP contribution in [0.4, 0.5) is 0 Å². The molecule has 0 spiro atoms. The van der Waals surface area contributed by atoms with Gasteiger partial charge in [0.25, 0.3) is 5.91 Å². The fourth-order valence-electron chi connectivity index (χ4n) is 1.62. The van der Waals surface area contributed by atoms with E-state index >= 15 is 0 Å². The quantitative estimate of drug-likeness (QED) is 0.652. The molecule has 0 aromatic carbocycles. The van der Waals surface area contributed by atoms with Crippen LogP contribution in [0.25, 0.3) is 0 Å². The summed E-state index contributed by atoms with van der Waals surface area (Å²) in [5.41, 5.74) is 6.12. The van der Waals surface area contributed by atoms with Gasteiger partial charge in [-0.2, -0.15) is 0 Å². The van der Waals surface area contributed by atoms with Crippen LogP contribution >= 0.6 is 0 Å². The van der Waals surface area contributed by atoms with Gasteiger partial charge < -0.3 is 10.7 Å². The van der Waals surface area contributed by atoms with Crippen LogP contribution in [0.15, 0.2) is 0 Å². The second-order valence-corrected chi connectivity index (χ2v) is 3.78. The highest BCUT2D eigenvalue weighted by Gasteiger charge is 2.24. The summed E-state index contributed by atoms with van der Waals surface area (Å²) >= 11 is 0. The molecule has 0 fully saturated rings. The molecule has 6 nitrogen and oxygen atoms in total. The first-order valence-corrected chi connectivity index (χ1v) is 4.53. The minimum atomic E-state index is -0.545. The molecule has 1 rings (SSSR count). The molecule has 1 aromatic heterocycles. The van der Waals surface area contributed by atoms with Crippen molar-refractivity contribution in [1.29, 1.82) is 0 Å². The fraction of sp³-hybridized carbons (Fsp3) is 0.556. The third-order valence-corrected chi connectivity index (χ3v) is 2.08. The lowest BCUT2D eigenvalue weighted by molar-refractivity contribution is 0.0977. The summed E-state index contributed by atoms with van der Waals surface area (Å²) in [6.07, 6.45) is 2.46.